The second kappa shape index (κ2) is 7.12. The van der Waals surface area contributed by atoms with Crippen molar-refractivity contribution in [3.8, 4) is 0 Å². The van der Waals surface area contributed by atoms with Gasteiger partial charge in [-0.3, -0.25) is 4.79 Å². The number of aliphatic hydroxyl groups is 1. The van der Waals surface area contributed by atoms with E-state index in [0.717, 1.165) is 51.3 Å². The molecule has 7 nitrogen and oxygen atoms in total. The summed E-state index contributed by atoms with van der Waals surface area (Å²) in [6.07, 6.45) is 4.58. The van der Waals surface area contributed by atoms with Crippen LogP contribution in [0.4, 0.5) is 11.8 Å². The van der Waals surface area contributed by atoms with Gasteiger partial charge in [-0.15, -0.1) is 0 Å². The van der Waals surface area contributed by atoms with Crippen LogP contribution in [0.3, 0.4) is 0 Å². The van der Waals surface area contributed by atoms with E-state index in [4.69, 9.17) is 0 Å². The van der Waals surface area contributed by atoms with Crippen molar-refractivity contribution >= 4 is 17.7 Å². The lowest BCUT2D eigenvalue weighted by atomic mass is 10.1. The second-order valence-electron chi connectivity index (χ2n) is 6.34. The summed E-state index contributed by atoms with van der Waals surface area (Å²) in [6, 6.07) is 1.97. The molecule has 126 valence electrons. The number of aliphatic hydroxyl groups excluding tert-OH is 1. The second-order valence-corrected chi connectivity index (χ2v) is 6.34. The van der Waals surface area contributed by atoms with Gasteiger partial charge in [-0.1, -0.05) is 6.92 Å². The largest absolute Gasteiger partial charge is 0.393 e. The summed E-state index contributed by atoms with van der Waals surface area (Å²) in [5.41, 5.74) is 0. The van der Waals surface area contributed by atoms with Gasteiger partial charge in [-0.05, 0) is 25.3 Å². The molecule has 23 heavy (non-hydrogen) atoms. The summed E-state index contributed by atoms with van der Waals surface area (Å²) < 4.78 is 0. The summed E-state index contributed by atoms with van der Waals surface area (Å²) in [6.45, 7) is 5.23. The number of piperidine rings is 1. The molecular weight excluding hydrogens is 294 g/mol. The third kappa shape index (κ3) is 3.90. The molecule has 1 aromatic heterocycles. The van der Waals surface area contributed by atoms with Crippen LogP contribution < -0.4 is 10.2 Å². The molecule has 2 aliphatic rings. The van der Waals surface area contributed by atoms with Gasteiger partial charge < -0.3 is 20.2 Å². The van der Waals surface area contributed by atoms with Gasteiger partial charge in [-0.2, -0.15) is 4.98 Å². The lowest BCUT2D eigenvalue weighted by molar-refractivity contribution is -0.127. The molecule has 7 heteroatoms. The minimum Gasteiger partial charge on any atom is -0.393 e. The first-order chi connectivity index (χ1) is 11.2. The molecule has 2 N–H and O–H groups in total. The van der Waals surface area contributed by atoms with Crippen molar-refractivity contribution in [3.05, 3.63) is 12.3 Å². The molecule has 0 aromatic carbocycles. The molecule has 2 saturated heterocycles. The highest BCUT2D eigenvalue weighted by Crippen LogP contribution is 2.20. The molecule has 1 aromatic rings. The molecule has 0 unspecified atom stereocenters. The first-order valence-electron chi connectivity index (χ1n) is 8.46. The highest BCUT2D eigenvalue weighted by Gasteiger charge is 2.29. The van der Waals surface area contributed by atoms with E-state index in [1.54, 1.807) is 6.20 Å². The molecule has 0 radical (unpaired) electrons. The van der Waals surface area contributed by atoms with Crippen LogP contribution in [-0.4, -0.2) is 64.2 Å². The van der Waals surface area contributed by atoms with E-state index in [0.29, 0.717) is 12.4 Å². The van der Waals surface area contributed by atoms with Crippen LogP contribution in [0.25, 0.3) is 0 Å². The monoisotopic (exact) mass is 319 g/mol. The van der Waals surface area contributed by atoms with Crippen LogP contribution in [0.15, 0.2) is 12.3 Å². The fraction of sp³-hybridized carbons (Fsp3) is 0.688. The molecule has 1 atom stereocenters. The Bertz CT molecular complexity index is 545. The van der Waals surface area contributed by atoms with E-state index in [2.05, 4.69) is 27.1 Å². The van der Waals surface area contributed by atoms with Crippen molar-refractivity contribution in [2.75, 3.05) is 36.4 Å². The Hall–Kier alpha value is -1.89. The van der Waals surface area contributed by atoms with E-state index >= 15 is 0 Å². The van der Waals surface area contributed by atoms with Gasteiger partial charge in [0.05, 0.1) is 12.1 Å². The molecule has 0 saturated carbocycles. The molecule has 1 amide bonds. The summed E-state index contributed by atoms with van der Waals surface area (Å²) in [4.78, 5) is 24.8. The minimum absolute atomic E-state index is 0.0764. The van der Waals surface area contributed by atoms with Crippen molar-refractivity contribution in [2.24, 2.45) is 0 Å². The quantitative estimate of drug-likeness (QED) is 0.838. The number of likely N-dealkylation sites (tertiary alicyclic amines) is 1. The molecule has 2 aliphatic heterocycles. The Morgan fingerprint density at radius 2 is 2.17 bits per heavy atom. The smallest absolute Gasteiger partial charge is 0.224 e. The predicted octanol–water partition coefficient (Wildman–Crippen LogP) is 0.860. The maximum Gasteiger partial charge on any atom is 0.224 e. The minimum atomic E-state index is -0.195. The molecule has 3 heterocycles. The summed E-state index contributed by atoms with van der Waals surface area (Å²) in [5, 5.41) is 12.9. The van der Waals surface area contributed by atoms with Crippen molar-refractivity contribution in [2.45, 2.75) is 44.8 Å². The Balaban J connectivity index is 1.61. The average molecular weight is 319 g/mol. The standard InChI is InChI=1S/C16H25N5O2/c1-2-7-21-11-12(10-15(21)23)18-16-17-6-3-14(19-16)20-8-4-13(22)5-9-20/h3,6,12-13,22H,2,4-5,7-11H2,1H3,(H,17,18,19)/t12-/m1/s1. The van der Waals surface area contributed by atoms with Crippen LogP contribution in [0.1, 0.15) is 32.6 Å². The number of anilines is 2. The number of rotatable bonds is 5. The van der Waals surface area contributed by atoms with Gasteiger partial charge in [0.25, 0.3) is 0 Å². The molecular formula is C16H25N5O2. The number of nitrogens with one attached hydrogen (secondary N) is 1. The van der Waals surface area contributed by atoms with E-state index < -0.39 is 0 Å². The zero-order chi connectivity index (χ0) is 16.2. The Labute approximate surface area is 136 Å². The first-order valence-corrected chi connectivity index (χ1v) is 8.46. The van der Waals surface area contributed by atoms with Gasteiger partial charge in [0, 0.05) is 38.8 Å². The summed E-state index contributed by atoms with van der Waals surface area (Å²) in [5.74, 6) is 1.65. The van der Waals surface area contributed by atoms with Gasteiger partial charge in [-0.25, -0.2) is 4.98 Å². The Morgan fingerprint density at radius 3 is 2.91 bits per heavy atom. The van der Waals surface area contributed by atoms with Crippen molar-refractivity contribution in [1.29, 1.82) is 0 Å². The number of carbonyl (C=O) groups is 1. The Morgan fingerprint density at radius 1 is 1.39 bits per heavy atom. The number of carbonyl (C=O) groups excluding carboxylic acids is 1. The van der Waals surface area contributed by atoms with Gasteiger partial charge in [0.15, 0.2) is 0 Å². The number of nitrogens with zero attached hydrogens (tertiary/aromatic N) is 4. The van der Waals surface area contributed by atoms with E-state index in [1.807, 2.05) is 11.0 Å². The van der Waals surface area contributed by atoms with Crippen LogP contribution in [-0.2, 0) is 4.79 Å². The molecule has 0 spiro atoms. The lowest BCUT2D eigenvalue weighted by Crippen LogP contribution is -2.36. The van der Waals surface area contributed by atoms with Gasteiger partial charge in [0.2, 0.25) is 11.9 Å². The fourth-order valence-corrected chi connectivity index (χ4v) is 3.23. The van der Waals surface area contributed by atoms with Crippen LogP contribution in [0, 0.1) is 0 Å². The van der Waals surface area contributed by atoms with Crippen molar-refractivity contribution in [1.82, 2.24) is 14.9 Å². The molecule has 3 rings (SSSR count). The number of hydrogen-bond donors (Lipinski definition) is 2. The maximum absolute atomic E-state index is 11.9. The maximum atomic E-state index is 11.9. The zero-order valence-corrected chi connectivity index (χ0v) is 13.6. The molecule has 0 aliphatic carbocycles. The van der Waals surface area contributed by atoms with Crippen molar-refractivity contribution < 1.29 is 9.90 Å². The summed E-state index contributed by atoms with van der Waals surface area (Å²) >= 11 is 0. The molecule has 2 fully saturated rings. The normalized spacial score (nSPS) is 22.7. The predicted molar refractivity (Wildman–Crippen MR) is 88.4 cm³/mol. The summed E-state index contributed by atoms with van der Waals surface area (Å²) in [7, 11) is 0. The highest BCUT2D eigenvalue weighted by atomic mass is 16.3. The van der Waals surface area contributed by atoms with Crippen molar-refractivity contribution in [3.63, 3.8) is 0 Å². The Kier molecular flexibility index (Phi) is 4.95. The number of aromatic nitrogens is 2. The number of hydrogen-bond acceptors (Lipinski definition) is 6. The van der Waals surface area contributed by atoms with Gasteiger partial charge >= 0.3 is 0 Å². The van der Waals surface area contributed by atoms with E-state index in [9.17, 15) is 9.90 Å². The third-order valence-electron chi connectivity index (χ3n) is 4.47. The first kappa shape index (κ1) is 16.0. The SMILES string of the molecule is CCCN1C[C@H](Nc2nccc(N3CCC(O)CC3)n2)CC1=O. The average Bonchev–Trinajstić information content (AvgIpc) is 2.88. The topological polar surface area (TPSA) is 81.6 Å². The highest BCUT2D eigenvalue weighted by molar-refractivity contribution is 5.79. The fourth-order valence-electron chi connectivity index (χ4n) is 3.23. The van der Waals surface area contributed by atoms with Gasteiger partial charge in [0.1, 0.15) is 5.82 Å². The van der Waals surface area contributed by atoms with Crippen LogP contribution >= 0.6 is 0 Å². The number of amides is 1. The van der Waals surface area contributed by atoms with Crippen LogP contribution in [0.5, 0.6) is 0 Å². The van der Waals surface area contributed by atoms with E-state index in [-0.39, 0.29) is 18.1 Å². The lowest BCUT2D eigenvalue weighted by Gasteiger charge is -2.30. The molecule has 0 bridgehead atoms. The van der Waals surface area contributed by atoms with E-state index in [1.165, 1.54) is 0 Å². The van der Waals surface area contributed by atoms with Crippen LogP contribution in [0.2, 0.25) is 0 Å². The third-order valence-corrected chi connectivity index (χ3v) is 4.47. The zero-order valence-electron chi connectivity index (χ0n) is 13.6.